The van der Waals surface area contributed by atoms with Gasteiger partial charge in [-0.05, 0) is 77.4 Å². The Morgan fingerprint density at radius 1 is 1.15 bits per heavy atom. The lowest BCUT2D eigenvalue weighted by molar-refractivity contribution is 0.339. The van der Waals surface area contributed by atoms with Crippen molar-refractivity contribution in [2.45, 2.75) is 37.2 Å². The van der Waals surface area contributed by atoms with Crippen molar-refractivity contribution in [3.63, 3.8) is 0 Å². The van der Waals surface area contributed by atoms with Crippen LogP contribution in [0.15, 0.2) is 82.1 Å². The van der Waals surface area contributed by atoms with E-state index in [9.17, 15) is 14.4 Å². The average Bonchev–Trinajstić information content (AvgIpc) is 3.40. The van der Waals surface area contributed by atoms with Crippen molar-refractivity contribution in [2.75, 3.05) is 6.54 Å². The number of fused-ring (bicyclic) bond motifs is 1. The van der Waals surface area contributed by atoms with Gasteiger partial charge >= 0.3 is 0 Å². The van der Waals surface area contributed by atoms with Crippen molar-refractivity contribution in [2.24, 2.45) is 11.7 Å². The Bertz CT molecular complexity index is 1840. The SMILES string of the molecule is Cc1ccc(-c2nc(CCN)cn2C(I)(c2oc3cc(C#N)ccc3c(=O)c2Cc2ccccc2)C(C)C)cc1F. The molecule has 8 heteroatoms. The maximum atomic E-state index is 14.8. The van der Waals surface area contributed by atoms with Crippen LogP contribution in [0.4, 0.5) is 4.39 Å². The molecule has 5 rings (SSSR count). The van der Waals surface area contributed by atoms with Gasteiger partial charge in [-0.15, -0.1) is 0 Å². The largest absolute Gasteiger partial charge is 0.457 e. The minimum Gasteiger partial charge on any atom is -0.457 e. The molecule has 6 nitrogen and oxygen atoms in total. The van der Waals surface area contributed by atoms with Crippen LogP contribution in [0.3, 0.4) is 0 Å². The Labute approximate surface area is 251 Å². The minimum absolute atomic E-state index is 0.105. The third-order valence-corrected chi connectivity index (χ3v) is 9.61. The summed E-state index contributed by atoms with van der Waals surface area (Å²) in [6.07, 6.45) is 2.81. The number of hydrogen-bond acceptors (Lipinski definition) is 5. The fourth-order valence-corrected chi connectivity index (χ4v) is 5.88. The van der Waals surface area contributed by atoms with Crippen LogP contribution in [0.25, 0.3) is 22.4 Å². The molecule has 0 bridgehead atoms. The summed E-state index contributed by atoms with van der Waals surface area (Å²) in [5.74, 6) is 0.586. The third-order valence-electron chi connectivity index (χ3n) is 7.36. The second-order valence-electron chi connectivity index (χ2n) is 10.5. The molecule has 1 unspecified atom stereocenters. The third kappa shape index (κ3) is 5.32. The molecule has 5 aromatic rings. The highest BCUT2D eigenvalue weighted by Crippen LogP contribution is 2.46. The van der Waals surface area contributed by atoms with Crippen LogP contribution in [-0.4, -0.2) is 16.1 Å². The number of imidazole rings is 1. The molecule has 0 saturated heterocycles. The van der Waals surface area contributed by atoms with Crippen molar-refractivity contribution >= 4 is 33.6 Å². The second-order valence-corrected chi connectivity index (χ2v) is 12.1. The Morgan fingerprint density at radius 3 is 2.56 bits per heavy atom. The first-order valence-corrected chi connectivity index (χ1v) is 14.5. The van der Waals surface area contributed by atoms with Crippen LogP contribution in [0.2, 0.25) is 0 Å². The molecular formula is C33H30FIN4O2. The van der Waals surface area contributed by atoms with Crippen LogP contribution < -0.4 is 11.2 Å². The lowest BCUT2D eigenvalue weighted by Crippen LogP contribution is -2.37. The van der Waals surface area contributed by atoms with E-state index in [1.54, 1.807) is 31.2 Å². The van der Waals surface area contributed by atoms with Crippen LogP contribution in [0.1, 0.15) is 47.6 Å². The van der Waals surface area contributed by atoms with Gasteiger partial charge in [-0.3, -0.25) is 4.79 Å². The van der Waals surface area contributed by atoms with E-state index in [0.29, 0.717) is 64.2 Å². The van der Waals surface area contributed by atoms with Gasteiger partial charge in [0.25, 0.3) is 0 Å². The van der Waals surface area contributed by atoms with E-state index in [-0.39, 0.29) is 17.2 Å². The molecule has 0 saturated carbocycles. The summed E-state index contributed by atoms with van der Waals surface area (Å²) in [7, 11) is 0. The van der Waals surface area contributed by atoms with E-state index in [1.165, 1.54) is 6.07 Å². The highest BCUT2D eigenvalue weighted by molar-refractivity contribution is 14.1. The van der Waals surface area contributed by atoms with Gasteiger partial charge in [-0.2, -0.15) is 5.26 Å². The number of aryl methyl sites for hydroxylation is 1. The molecule has 3 aromatic carbocycles. The second kappa shape index (κ2) is 11.6. The number of alkyl halides is 1. The lowest BCUT2D eigenvalue weighted by Gasteiger charge is -2.35. The Kier molecular flexibility index (Phi) is 8.11. The number of nitriles is 1. The molecular weight excluding hydrogens is 630 g/mol. The van der Waals surface area contributed by atoms with Crippen molar-refractivity contribution in [1.29, 1.82) is 5.26 Å². The molecule has 0 aliphatic heterocycles. The highest BCUT2D eigenvalue weighted by Gasteiger charge is 2.42. The number of aromatic nitrogens is 2. The van der Waals surface area contributed by atoms with Crippen LogP contribution in [0.5, 0.6) is 0 Å². The normalized spacial score (nSPS) is 12.9. The van der Waals surface area contributed by atoms with E-state index < -0.39 is 3.55 Å². The van der Waals surface area contributed by atoms with Gasteiger partial charge in [-0.1, -0.05) is 56.3 Å². The van der Waals surface area contributed by atoms with E-state index in [1.807, 2.05) is 47.2 Å². The van der Waals surface area contributed by atoms with Gasteiger partial charge < -0.3 is 14.7 Å². The summed E-state index contributed by atoms with van der Waals surface area (Å²) < 4.78 is 22.5. The van der Waals surface area contributed by atoms with Crippen molar-refractivity contribution in [3.05, 3.63) is 123 Å². The molecule has 208 valence electrons. The standard InChI is InChI=1S/C33H30FIN4O2/c1-20(2)33(35,39-19-25(13-14-36)38-32(39)24-11-9-21(3)28(34)17-24)31-27(15-22-7-5-4-6-8-22)30(40)26-12-10-23(18-37)16-29(26)41-31/h4-12,16-17,19-20H,13-15,36H2,1-3H3. The average molecular weight is 661 g/mol. The first-order chi connectivity index (χ1) is 19.7. The van der Waals surface area contributed by atoms with Crippen LogP contribution in [0, 0.1) is 30.0 Å². The first kappa shape index (κ1) is 28.7. The summed E-state index contributed by atoms with van der Waals surface area (Å²) in [5, 5.41) is 9.96. The molecule has 2 aromatic heterocycles. The fraction of sp³-hybridized carbons (Fsp3) is 0.242. The summed E-state index contributed by atoms with van der Waals surface area (Å²) in [5.41, 5.74) is 9.88. The molecule has 41 heavy (non-hydrogen) atoms. The van der Waals surface area contributed by atoms with Crippen molar-refractivity contribution in [3.8, 4) is 17.5 Å². The molecule has 1 atom stereocenters. The van der Waals surface area contributed by atoms with Gasteiger partial charge in [0.15, 0.2) is 8.97 Å². The topological polar surface area (TPSA) is 97.8 Å². The predicted molar refractivity (Wildman–Crippen MR) is 167 cm³/mol. The van der Waals surface area contributed by atoms with E-state index in [4.69, 9.17) is 15.1 Å². The number of rotatable bonds is 8. The van der Waals surface area contributed by atoms with Crippen LogP contribution >= 0.6 is 22.6 Å². The quantitative estimate of drug-likeness (QED) is 0.145. The summed E-state index contributed by atoms with van der Waals surface area (Å²) in [4.78, 5) is 19.1. The lowest BCUT2D eigenvalue weighted by atomic mass is 9.92. The zero-order valence-electron chi connectivity index (χ0n) is 23.1. The number of nitrogens with zero attached hydrogens (tertiary/aromatic N) is 3. The molecule has 0 amide bonds. The molecule has 0 radical (unpaired) electrons. The maximum Gasteiger partial charge on any atom is 0.196 e. The molecule has 0 spiro atoms. The zero-order valence-corrected chi connectivity index (χ0v) is 25.3. The van der Waals surface area contributed by atoms with Crippen molar-refractivity contribution < 1.29 is 8.81 Å². The molecule has 0 aliphatic carbocycles. The molecule has 2 heterocycles. The maximum absolute atomic E-state index is 14.8. The monoisotopic (exact) mass is 660 g/mol. The molecule has 2 N–H and O–H groups in total. The Balaban J connectivity index is 1.85. The van der Waals surface area contributed by atoms with E-state index >= 15 is 0 Å². The molecule has 0 aliphatic rings. The molecule has 0 fully saturated rings. The van der Waals surface area contributed by atoms with Gasteiger partial charge in [0.1, 0.15) is 23.0 Å². The number of halogens is 2. The summed E-state index contributed by atoms with van der Waals surface area (Å²) >= 11 is 2.34. The van der Waals surface area contributed by atoms with E-state index in [2.05, 4.69) is 42.5 Å². The predicted octanol–water partition coefficient (Wildman–Crippen LogP) is 6.86. The summed E-state index contributed by atoms with van der Waals surface area (Å²) in [6, 6.07) is 21.9. The van der Waals surface area contributed by atoms with Crippen LogP contribution in [-0.2, 0) is 16.4 Å². The van der Waals surface area contributed by atoms with E-state index in [0.717, 1.165) is 11.3 Å². The smallest absolute Gasteiger partial charge is 0.196 e. The van der Waals surface area contributed by atoms with Gasteiger partial charge in [0.05, 0.1) is 22.7 Å². The van der Waals surface area contributed by atoms with Gasteiger partial charge in [0, 0.05) is 30.2 Å². The Hall–Kier alpha value is -3.81. The van der Waals surface area contributed by atoms with Gasteiger partial charge in [-0.25, -0.2) is 9.37 Å². The Morgan fingerprint density at radius 2 is 1.90 bits per heavy atom. The number of nitrogens with two attached hydrogens (primary N) is 1. The fourth-order valence-electron chi connectivity index (χ4n) is 5.08. The minimum atomic E-state index is -0.950. The number of benzene rings is 3. The number of hydrogen-bond donors (Lipinski definition) is 1. The first-order valence-electron chi connectivity index (χ1n) is 13.5. The van der Waals surface area contributed by atoms with Gasteiger partial charge in [0.2, 0.25) is 0 Å². The van der Waals surface area contributed by atoms with Crippen molar-refractivity contribution in [1.82, 2.24) is 9.55 Å². The summed E-state index contributed by atoms with van der Waals surface area (Å²) in [6.45, 7) is 6.22. The zero-order chi connectivity index (χ0) is 29.3. The highest BCUT2D eigenvalue weighted by atomic mass is 127.